The first-order valence-corrected chi connectivity index (χ1v) is 10.5. The summed E-state index contributed by atoms with van der Waals surface area (Å²) in [5.74, 6) is 1.48. The van der Waals surface area contributed by atoms with Gasteiger partial charge >= 0.3 is 0 Å². The third-order valence-electron chi connectivity index (χ3n) is 6.87. The summed E-state index contributed by atoms with van der Waals surface area (Å²) in [6.07, 6.45) is 10.8. The van der Waals surface area contributed by atoms with Crippen LogP contribution in [0.5, 0.6) is 0 Å². The van der Waals surface area contributed by atoms with Gasteiger partial charge in [-0.2, -0.15) is 0 Å². The third-order valence-corrected chi connectivity index (χ3v) is 6.87. The molecule has 2 bridgehead atoms. The second-order valence-corrected chi connectivity index (χ2v) is 8.41. The number of likely N-dealkylation sites (tertiary alicyclic amines) is 1. The first kappa shape index (κ1) is 17.8. The van der Waals surface area contributed by atoms with Crippen LogP contribution < -0.4 is 4.90 Å². The summed E-state index contributed by atoms with van der Waals surface area (Å²) in [5.41, 5.74) is 0. The number of rotatable bonds is 6. The number of fused-ring (bicyclic) bond motifs is 5. The molecule has 4 aliphatic rings. The van der Waals surface area contributed by atoms with Gasteiger partial charge in [-0.1, -0.05) is 12.2 Å². The minimum Gasteiger partial charge on any atom is -0.338 e. The number of allylic oxidation sites excluding steroid dienone is 2. The number of aromatic nitrogens is 2. The summed E-state index contributed by atoms with van der Waals surface area (Å²) in [6.45, 7) is 5.47. The Morgan fingerprint density at radius 2 is 1.46 bits per heavy atom. The SMILES string of the molecule is O=C1[C@@H]2[C@H](C(=O)N1CCCCN1CCN(c3ncccn3)CC1)[C@H]1C=C[C@H]2C1. The summed E-state index contributed by atoms with van der Waals surface area (Å²) in [5, 5.41) is 0. The fourth-order valence-electron chi connectivity index (χ4n) is 5.42. The third kappa shape index (κ3) is 3.02. The van der Waals surface area contributed by atoms with Crippen molar-refractivity contribution in [2.45, 2.75) is 19.3 Å². The van der Waals surface area contributed by atoms with Gasteiger partial charge in [-0.15, -0.1) is 0 Å². The highest BCUT2D eigenvalue weighted by Gasteiger charge is 2.58. The van der Waals surface area contributed by atoms with Crippen molar-refractivity contribution in [3.8, 4) is 0 Å². The first-order chi connectivity index (χ1) is 13.7. The Balaban J connectivity index is 1.05. The molecule has 4 atom stereocenters. The molecule has 0 radical (unpaired) electrons. The fraction of sp³-hybridized carbons (Fsp3) is 0.619. The van der Waals surface area contributed by atoms with Crippen molar-refractivity contribution in [3.63, 3.8) is 0 Å². The van der Waals surface area contributed by atoms with Gasteiger partial charge in [0.25, 0.3) is 0 Å². The van der Waals surface area contributed by atoms with Crippen molar-refractivity contribution in [1.82, 2.24) is 19.8 Å². The second kappa shape index (κ2) is 7.28. The number of imide groups is 1. The van der Waals surface area contributed by atoms with Gasteiger partial charge in [-0.25, -0.2) is 9.97 Å². The van der Waals surface area contributed by atoms with E-state index in [0.29, 0.717) is 18.4 Å². The van der Waals surface area contributed by atoms with Crippen LogP contribution in [0.15, 0.2) is 30.6 Å². The highest BCUT2D eigenvalue weighted by molar-refractivity contribution is 6.06. The van der Waals surface area contributed by atoms with Gasteiger partial charge in [-0.05, 0) is 43.7 Å². The van der Waals surface area contributed by atoms with E-state index in [-0.39, 0.29) is 23.7 Å². The molecular weight excluding hydrogens is 354 g/mol. The van der Waals surface area contributed by atoms with Crippen LogP contribution in [-0.4, -0.2) is 70.9 Å². The minimum atomic E-state index is -0.0595. The molecule has 28 heavy (non-hydrogen) atoms. The van der Waals surface area contributed by atoms with E-state index in [1.54, 1.807) is 17.3 Å². The van der Waals surface area contributed by atoms with E-state index in [0.717, 1.165) is 57.9 Å². The monoisotopic (exact) mass is 381 g/mol. The molecule has 1 saturated carbocycles. The Morgan fingerprint density at radius 3 is 2.11 bits per heavy atom. The molecule has 2 amide bonds. The number of hydrogen-bond donors (Lipinski definition) is 0. The predicted octanol–water partition coefficient (Wildman–Crippen LogP) is 1.19. The molecule has 0 N–H and O–H groups in total. The number of anilines is 1. The minimum absolute atomic E-state index is 0.0595. The normalized spacial score (nSPS) is 31.9. The van der Waals surface area contributed by atoms with Gasteiger partial charge < -0.3 is 4.90 Å². The van der Waals surface area contributed by atoms with Crippen molar-refractivity contribution in [2.24, 2.45) is 23.7 Å². The van der Waals surface area contributed by atoms with Crippen LogP contribution >= 0.6 is 0 Å². The second-order valence-electron chi connectivity index (χ2n) is 8.41. The van der Waals surface area contributed by atoms with E-state index in [1.807, 2.05) is 6.07 Å². The summed E-state index contributed by atoms with van der Waals surface area (Å²) in [7, 11) is 0. The Kier molecular flexibility index (Phi) is 4.62. The van der Waals surface area contributed by atoms with Crippen LogP contribution in [-0.2, 0) is 9.59 Å². The van der Waals surface area contributed by atoms with Gasteiger partial charge in [0.15, 0.2) is 0 Å². The maximum Gasteiger partial charge on any atom is 0.233 e. The Bertz CT molecular complexity index is 744. The highest BCUT2D eigenvalue weighted by Crippen LogP contribution is 2.52. The predicted molar refractivity (Wildman–Crippen MR) is 104 cm³/mol. The quantitative estimate of drug-likeness (QED) is 0.419. The number of nitrogens with zero attached hydrogens (tertiary/aromatic N) is 5. The standard InChI is InChI=1S/C21H27N5O2/c27-19-17-15-4-5-16(14-15)18(17)20(28)26(19)9-2-1-8-24-10-12-25(13-11-24)21-22-6-3-7-23-21/h3-7,15-18H,1-2,8-14H2/t15-,16-,17-,18+/m0/s1. The Morgan fingerprint density at radius 1 is 0.857 bits per heavy atom. The fourth-order valence-corrected chi connectivity index (χ4v) is 5.42. The number of amides is 2. The average molecular weight is 381 g/mol. The van der Waals surface area contributed by atoms with E-state index in [9.17, 15) is 9.59 Å². The van der Waals surface area contributed by atoms with Crippen LogP contribution in [0.1, 0.15) is 19.3 Å². The molecule has 3 heterocycles. The van der Waals surface area contributed by atoms with Gasteiger partial charge in [0.2, 0.25) is 17.8 Å². The first-order valence-electron chi connectivity index (χ1n) is 10.5. The molecule has 7 nitrogen and oxygen atoms in total. The van der Waals surface area contributed by atoms with Crippen LogP contribution in [0, 0.1) is 23.7 Å². The van der Waals surface area contributed by atoms with Gasteiger partial charge in [0.1, 0.15) is 0 Å². The van der Waals surface area contributed by atoms with Crippen LogP contribution in [0.25, 0.3) is 0 Å². The maximum atomic E-state index is 12.7. The summed E-state index contributed by atoms with van der Waals surface area (Å²) in [4.78, 5) is 40.3. The van der Waals surface area contributed by atoms with Gasteiger partial charge in [-0.3, -0.25) is 19.4 Å². The molecule has 1 aromatic rings. The van der Waals surface area contributed by atoms with Crippen molar-refractivity contribution < 1.29 is 9.59 Å². The zero-order valence-electron chi connectivity index (χ0n) is 16.1. The molecule has 7 heteroatoms. The number of carbonyl (C=O) groups excluding carboxylic acids is 2. The van der Waals surface area contributed by atoms with Crippen molar-refractivity contribution in [2.75, 3.05) is 44.2 Å². The smallest absolute Gasteiger partial charge is 0.233 e. The van der Waals surface area contributed by atoms with Crippen molar-refractivity contribution >= 4 is 17.8 Å². The molecule has 5 rings (SSSR count). The maximum absolute atomic E-state index is 12.7. The van der Waals surface area contributed by atoms with Crippen LogP contribution in [0.4, 0.5) is 5.95 Å². The Hall–Kier alpha value is -2.28. The number of hydrogen-bond acceptors (Lipinski definition) is 6. The summed E-state index contributed by atoms with van der Waals surface area (Å²) in [6, 6.07) is 1.84. The van der Waals surface area contributed by atoms with Crippen LogP contribution in [0.3, 0.4) is 0 Å². The van der Waals surface area contributed by atoms with Gasteiger partial charge in [0, 0.05) is 45.1 Å². The lowest BCUT2D eigenvalue weighted by Gasteiger charge is -2.34. The van der Waals surface area contributed by atoms with Crippen LogP contribution in [0.2, 0.25) is 0 Å². The number of piperazine rings is 1. The molecule has 1 aromatic heterocycles. The zero-order chi connectivity index (χ0) is 19.1. The lowest BCUT2D eigenvalue weighted by Crippen LogP contribution is -2.47. The van der Waals surface area contributed by atoms with E-state index in [4.69, 9.17) is 0 Å². The lowest BCUT2D eigenvalue weighted by molar-refractivity contribution is -0.140. The highest BCUT2D eigenvalue weighted by atomic mass is 16.2. The largest absolute Gasteiger partial charge is 0.338 e. The topological polar surface area (TPSA) is 69.6 Å². The van der Waals surface area contributed by atoms with Gasteiger partial charge in [0.05, 0.1) is 11.8 Å². The van der Waals surface area contributed by atoms with E-state index >= 15 is 0 Å². The van der Waals surface area contributed by atoms with E-state index < -0.39 is 0 Å². The summed E-state index contributed by atoms with van der Waals surface area (Å²) < 4.78 is 0. The molecular formula is C21H27N5O2. The molecule has 2 saturated heterocycles. The van der Waals surface area contributed by atoms with Crippen molar-refractivity contribution in [1.29, 1.82) is 0 Å². The van der Waals surface area contributed by atoms with E-state index in [2.05, 4.69) is 31.9 Å². The van der Waals surface area contributed by atoms with E-state index in [1.165, 1.54) is 0 Å². The lowest BCUT2D eigenvalue weighted by atomic mass is 9.85. The Labute approximate surface area is 165 Å². The molecule has 0 aromatic carbocycles. The average Bonchev–Trinajstić information content (AvgIpc) is 3.41. The molecule has 2 aliphatic heterocycles. The molecule has 0 spiro atoms. The zero-order valence-corrected chi connectivity index (χ0v) is 16.1. The molecule has 148 valence electrons. The molecule has 2 aliphatic carbocycles. The number of unbranched alkanes of at least 4 members (excludes halogenated alkanes) is 1. The van der Waals surface area contributed by atoms with Crippen molar-refractivity contribution in [3.05, 3.63) is 30.6 Å². The molecule has 3 fully saturated rings. The molecule has 0 unspecified atom stereocenters. The number of carbonyl (C=O) groups is 2. The summed E-state index contributed by atoms with van der Waals surface area (Å²) >= 11 is 0.